The summed E-state index contributed by atoms with van der Waals surface area (Å²) in [4.78, 5) is 16.3. The predicted molar refractivity (Wildman–Crippen MR) is 88.8 cm³/mol. The highest BCUT2D eigenvalue weighted by Gasteiger charge is 2.34. The molecule has 0 spiro atoms. The lowest BCUT2D eigenvalue weighted by molar-refractivity contribution is -0.138. The van der Waals surface area contributed by atoms with Gasteiger partial charge in [0.25, 0.3) is 5.91 Å². The molecular formula is C16H17ClF4N4O. The van der Waals surface area contributed by atoms with Gasteiger partial charge in [-0.05, 0) is 17.7 Å². The summed E-state index contributed by atoms with van der Waals surface area (Å²) < 4.78 is 54.8. The van der Waals surface area contributed by atoms with Crippen molar-refractivity contribution in [1.29, 1.82) is 0 Å². The Morgan fingerprint density at radius 1 is 1.38 bits per heavy atom. The molecule has 0 unspecified atom stereocenters. The molecule has 0 fully saturated rings. The lowest BCUT2D eigenvalue weighted by atomic mass is 10.0. The van der Waals surface area contributed by atoms with Crippen molar-refractivity contribution >= 4 is 18.3 Å². The third-order valence-corrected chi connectivity index (χ3v) is 4.12. The first-order chi connectivity index (χ1) is 11.8. The quantitative estimate of drug-likeness (QED) is 0.789. The number of carbonyl (C=O) groups excluding carboxylic acids is 1. The van der Waals surface area contributed by atoms with Crippen LogP contribution in [0.5, 0.6) is 0 Å². The molecule has 2 aromatic rings. The van der Waals surface area contributed by atoms with Crippen LogP contribution in [0, 0.1) is 5.82 Å². The molecule has 3 rings (SSSR count). The second kappa shape index (κ2) is 7.63. The minimum Gasteiger partial charge on any atom is -0.354 e. The van der Waals surface area contributed by atoms with Crippen LogP contribution in [-0.2, 0) is 25.7 Å². The number of halogens is 5. The molecule has 1 aromatic carbocycles. The van der Waals surface area contributed by atoms with E-state index in [2.05, 4.69) is 15.6 Å². The zero-order valence-electron chi connectivity index (χ0n) is 13.8. The minimum absolute atomic E-state index is 0. The smallest absolute Gasteiger partial charge is 0.354 e. The summed E-state index contributed by atoms with van der Waals surface area (Å²) >= 11 is 0. The Labute approximate surface area is 153 Å². The number of amides is 1. The summed E-state index contributed by atoms with van der Waals surface area (Å²) in [6, 6.07) is 2.57. The topological polar surface area (TPSA) is 59.0 Å². The van der Waals surface area contributed by atoms with Gasteiger partial charge < -0.3 is 15.2 Å². The van der Waals surface area contributed by atoms with Crippen LogP contribution in [0.1, 0.15) is 33.1 Å². The molecular weight excluding hydrogens is 376 g/mol. The summed E-state index contributed by atoms with van der Waals surface area (Å²) in [6.45, 7) is 1.55. The number of hydrogen-bond acceptors (Lipinski definition) is 3. The SMILES string of the molecule is CNC(=O)c1nc2n(c1Cc1ccc(F)cc1C(F)(F)F)CCNC2.Cl. The Hall–Kier alpha value is -2.13. The average Bonchev–Trinajstić information content (AvgIpc) is 2.93. The van der Waals surface area contributed by atoms with Crippen molar-refractivity contribution in [1.82, 2.24) is 20.2 Å². The van der Waals surface area contributed by atoms with E-state index in [1.807, 2.05) is 0 Å². The number of fused-ring (bicyclic) bond motifs is 1. The van der Waals surface area contributed by atoms with Gasteiger partial charge in [-0.3, -0.25) is 4.79 Å². The van der Waals surface area contributed by atoms with Gasteiger partial charge in [-0.2, -0.15) is 13.2 Å². The number of aromatic nitrogens is 2. The summed E-state index contributed by atoms with van der Waals surface area (Å²) in [5, 5.41) is 5.55. The van der Waals surface area contributed by atoms with Gasteiger partial charge in [-0.25, -0.2) is 9.37 Å². The van der Waals surface area contributed by atoms with E-state index < -0.39 is 23.5 Å². The molecule has 0 radical (unpaired) electrons. The van der Waals surface area contributed by atoms with E-state index in [1.165, 1.54) is 7.05 Å². The highest BCUT2D eigenvalue weighted by atomic mass is 35.5. The number of imidazole rings is 1. The summed E-state index contributed by atoms with van der Waals surface area (Å²) in [6.07, 6.45) is -4.85. The number of alkyl halides is 3. The molecule has 1 aliphatic rings. The van der Waals surface area contributed by atoms with Gasteiger partial charge in [0.05, 0.1) is 17.8 Å². The van der Waals surface area contributed by atoms with Crippen molar-refractivity contribution < 1.29 is 22.4 Å². The predicted octanol–water partition coefficient (Wildman–Crippen LogP) is 2.52. The molecule has 2 N–H and O–H groups in total. The Morgan fingerprint density at radius 2 is 2.12 bits per heavy atom. The number of rotatable bonds is 3. The van der Waals surface area contributed by atoms with E-state index in [0.717, 1.165) is 12.1 Å². The third kappa shape index (κ3) is 3.83. The molecule has 1 amide bonds. The fraction of sp³-hybridized carbons (Fsp3) is 0.375. The Kier molecular flexibility index (Phi) is 5.92. The molecule has 2 heterocycles. The van der Waals surface area contributed by atoms with Crippen LogP contribution >= 0.6 is 12.4 Å². The van der Waals surface area contributed by atoms with Gasteiger partial charge in [0.2, 0.25) is 0 Å². The number of nitrogens with one attached hydrogen (secondary N) is 2. The molecule has 0 bridgehead atoms. The van der Waals surface area contributed by atoms with Crippen LogP contribution < -0.4 is 10.6 Å². The third-order valence-electron chi connectivity index (χ3n) is 4.12. The molecule has 142 valence electrons. The molecule has 10 heteroatoms. The number of nitrogens with zero attached hydrogens (tertiary/aromatic N) is 2. The van der Waals surface area contributed by atoms with Crippen molar-refractivity contribution in [3.05, 3.63) is 52.4 Å². The Bertz CT molecular complexity index is 819. The van der Waals surface area contributed by atoms with Crippen LogP contribution in [0.3, 0.4) is 0 Å². The fourth-order valence-electron chi connectivity index (χ4n) is 2.95. The highest BCUT2D eigenvalue weighted by Crippen LogP contribution is 2.34. The van der Waals surface area contributed by atoms with Crippen LogP contribution in [0.2, 0.25) is 0 Å². The van der Waals surface area contributed by atoms with E-state index in [9.17, 15) is 22.4 Å². The van der Waals surface area contributed by atoms with E-state index in [4.69, 9.17) is 0 Å². The van der Waals surface area contributed by atoms with Crippen molar-refractivity contribution in [2.75, 3.05) is 13.6 Å². The first-order valence-corrected chi connectivity index (χ1v) is 7.68. The van der Waals surface area contributed by atoms with E-state index >= 15 is 0 Å². The van der Waals surface area contributed by atoms with Gasteiger partial charge >= 0.3 is 6.18 Å². The number of hydrogen-bond donors (Lipinski definition) is 2. The molecule has 1 aliphatic heterocycles. The number of carbonyl (C=O) groups is 1. The maximum Gasteiger partial charge on any atom is 0.416 e. The lowest BCUT2D eigenvalue weighted by Gasteiger charge is -2.19. The van der Waals surface area contributed by atoms with Crippen molar-refractivity contribution in [2.45, 2.75) is 25.7 Å². The molecule has 1 aromatic heterocycles. The maximum absolute atomic E-state index is 13.3. The van der Waals surface area contributed by atoms with E-state index in [1.54, 1.807) is 4.57 Å². The van der Waals surface area contributed by atoms with Crippen LogP contribution in [-0.4, -0.2) is 29.1 Å². The van der Waals surface area contributed by atoms with Gasteiger partial charge in [0.15, 0.2) is 0 Å². The van der Waals surface area contributed by atoms with Crippen LogP contribution in [0.4, 0.5) is 17.6 Å². The van der Waals surface area contributed by atoms with E-state index in [-0.39, 0.29) is 30.1 Å². The van der Waals surface area contributed by atoms with Crippen LogP contribution in [0.15, 0.2) is 18.2 Å². The van der Waals surface area contributed by atoms with Crippen molar-refractivity contribution in [3.8, 4) is 0 Å². The lowest BCUT2D eigenvalue weighted by Crippen LogP contribution is -2.29. The van der Waals surface area contributed by atoms with Crippen molar-refractivity contribution in [2.24, 2.45) is 0 Å². The second-order valence-electron chi connectivity index (χ2n) is 5.71. The zero-order valence-corrected chi connectivity index (χ0v) is 14.6. The van der Waals surface area contributed by atoms with Crippen LogP contribution in [0.25, 0.3) is 0 Å². The summed E-state index contributed by atoms with van der Waals surface area (Å²) in [5.41, 5.74) is -0.647. The molecule has 0 aliphatic carbocycles. The maximum atomic E-state index is 13.3. The number of benzene rings is 1. The standard InChI is InChI=1S/C16H16F4N4O.ClH/c1-21-15(25)14-12(24-5-4-22-8-13(24)23-14)6-9-2-3-10(17)7-11(9)16(18,19)20;/h2-3,7,22H,4-6,8H2,1H3,(H,21,25);1H. The first kappa shape index (κ1) is 20.2. The highest BCUT2D eigenvalue weighted by molar-refractivity contribution is 5.93. The monoisotopic (exact) mass is 392 g/mol. The fourth-order valence-corrected chi connectivity index (χ4v) is 2.95. The molecule has 0 atom stereocenters. The van der Waals surface area contributed by atoms with Crippen molar-refractivity contribution in [3.63, 3.8) is 0 Å². The summed E-state index contributed by atoms with van der Waals surface area (Å²) in [7, 11) is 1.43. The molecule has 5 nitrogen and oxygen atoms in total. The minimum atomic E-state index is -4.68. The Balaban J connectivity index is 0.00000243. The molecule has 0 saturated heterocycles. The summed E-state index contributed by atoms with van der Waals surface area (Å²) in [5.74, 6) is -0.829. The van der Waals surface area contributed by atoms with Gasteiger partial charge in [-0.1, -0.05) is 6.07 Å². The zero-order chi connectivity index (χ0) is 18.2. The Morgan fingerprint density at radius 3 is 2.77 bits per heavy atom. The average molecular weight is 393 g/mol. The van der Waals surface area contributed by atoms with E-state index in [0.29, 0.717) is 37.2 Å². The molecule has 26 heavy (non-hydrogen) atoms. The van der Waals surface area contributed by atoms with Gasteiger partial charge in [0.1, 0.15) is 17.3 Å². The second-order valence-corrected chi connectivity index (χ2v) is 5.71. The first-order valence-electron chi connectivity index (χ1n) is 7.68. The normalized spacial score (nSPS) is 13.7. The van der Waals surface area contributed by atoms with Gasteiger partial charge in [0, 0.05) is 26.6 Å². The molecule has 0 saturated carbocycles. The van der Waals surface area contributed by atoms with Gasteiger partial charge in [-0.15, -0.1) is 12.4 Å². The largest absolute Gasteiger partial charge is 0.416 e.